The van der Waals surface area contributed by atoms with Crippen molar-refractivity contribution in [1.82, 2.24) is 19.6 Å². The molecule has 1 saturated carbocycles. The molecule has 2 aromatic rings. The second-order valence-electron chi connectivity index (χ2n) is 6.81. The van der Waals surface area contributed by atoms with Crippen LogP contribution < -0.4 is 5.32 Å². The lowest BCUT2D eigenvalue weighted by molar-refractivity contribution is 0.00476. The standard InChI is InChI=1S/C18H24N4O2/c1-13-3-2-8-21-11-15(20-17(13)21)6-7-19-18(23)22-9-10-24-12-16(22)14-4-5-14/h2-3,8,11,14,16H,4-7,9-10,12H2,1H3,(H,19,23)/t16-/m0/s1. The van der Waals surface area contributed by atoms with Crippen LogP contribution in [0.5, 0.6) is 0 Å². The Morgan fingerprint density at radius 3 is 3.12 bits per heavy atom. The van der Waals surface area contributed by atoms with Crippen molar-refractivity contribution < 1.29 is 9.53 Å². The molecule has 2 aliphatic rings. The summed E-state index contributed by atoms with van der Waals surface area (Å²) in [5, 5.41) is 3.05. The number of aromatic nitrogens is 2. The van der Waals surface area contributed by atoms with Gasteiger partial charge < -0.3 is 19.4 Å². The number of imidazole rings is 1. The van der Waals surface area contributed by atoms with Crippen molar-refractivity contribution in [1.29, 1.82) is 0 Å². The summed E-state index contributed by atoms with van der Waals surface area (Å²) < 4.78 is 7.59. The van der Waals surface area contributed by atoms with E-state index in [4.69, 9.17) is 4.74 Å². The predicted molar refractivity (Wildman–Crippen MR) is 91.1 cm³/mol. The van der Waals surface area contributed by atoms with Crippen molar-refractivity contribution in [3.63, 3.8) is 0 Å². The van der Waals surface area contributed by atoms with E-state index in [2.05, 4.69) is 23.3 Å². The number of pyridine rings is 1. The number of aryl methyl sites for hydroxylation is 1. The number of morpholine rings is 1. The molecule has 1 aliphatic heterocycles. The molecule has 2 amide bonds. The maximum atomic E-state index is 12.5. The molecule has 0 radical (unpaired) electrons. The van der Waals surface area contributed by atoms with Crippen LogP contribution in [0.4, 0.5) is 4.79 Å². The Morgan fingerprint density at radius 1 is 1.46 bits per heavy atom. The van der Waals surface area contributed by atoms with Crippen LogP contribution in [0.15, 0.2) is 24.5 Å². The van der Waals surface area contributed by atoms with E-state index >= 15 is 0 Å². The molecule has 0 spiro atoms. The minimum absolute atomic E-state index is 0.0372. The van der Waals surface area contributed by atoms with Gasteiger partial charge in [-0.25, -0.2) is 9.78 Å². The normalized spacial score (nSPS) is 21.2. The van der Waals surface area contributed by atoms with Crippen molar-refractivity contribution in [3.05, 3.63) is 35.8 Å². The Morgan fingerprint density at radius 2 is 2.33 bits per heavy atom. The molecule has 2 aromatic heterocycles. The van der Waals surface area contributed by atoms with Gasteiger partial charge in [-0.2, -0.15) is 0 Å². The highest BCUT2D eigenvalue weighted by molar-refractivity contribution is 5.74. The van der Waals surface area contributed by atoms with E-state index in [0.717, 1.165) is 23.3 Å². The highest BCUT2D eigenvalue weighted by atomic mass is 16.5. The highest BCUT2D eigenvalue weighted by Gasteiger charge is 2.39. The van der Waals surface area contributed by atoms with E-state index in [1.54, 1.807) is 0 Å². The molecule has 1 N–H and O–H groups in total. The predicted octanol–water partition coefficient (Wildman–Crippen LogP) is 2.01. The number of nitrogens with zero attached hydrogens (tertiary/aromatic N) is 3. The zero-order chi connectivity index (χ0) is 16.5. The molecule has 0 unspecified atom stereocenters. The molecule has 128 valence electrons. The van der Waals surface area contributed by atoms with Gasteiger partial charge in [0, 0.05) is 31.9 Å². The molecule has 1 aliphatic carbocycles. The molecule has 6 heteroatoms. The SMILES string of the molecule is Cc1cccn2cc(CCNC(=O)N3CCOC[C@H]3C3CC3)nc12. The van der Waals surface area contributed by atoms with E-state index in [0.29, 0.717) is 32.2 Å². The molecule has 0 aromatic carbocycles. The van der Waals surface area contributed by atoms with Crippen LogP contribution in [0.25, 0.3) is 5.65 Å². The van der Waals surface area contributed by atoms with Gasteiger partial charge >= 0.3 is 6.03 Å². The summed E-state index contributed by atoms with van der Waals surface area (Å²) in [6.45, 7) is 4.69. The summed E-state index contributed by atoms with van der Waals surface area (Å²) in [6.07, 6.45) is 7.23. The molecular formula is C18H24N4O2. The Kier molecular flexibility index (Phi) is 4.14. The van der Waals surface area contributed by atoms with Gasteiger partial charge in [-0.3, -0.25) is 0 Å². The molecule has 4 rings (SSSR count). The average molecular weight is 328 g/mol. The number of urea groups is 1. The monoisotopic (exact) mass is 328 g/mol. The van der Waals surface area contributed by atoms with Crippen molar-refractivity contribution >= 4 is 11.7 Å². The second-order valence-corrected chi connectivity index (χ2v) is 6.81. The van der Waals surface area contributed by atoms with Crippen molar-refractivity contribution in [2.45, 2.75) is 32.2 Å². The number of hydrogen-bond donors (Lipinski definition) is 1. The molecule has 2 fully saturated rings. The third-order valence-corrected chi connectivity index (χ3v) is 4.98. The van der Waals surface area contributed by atoms with Gasteiger partial charge in [0.15, 0.2) is 0 Å². The van der Waals surface area contributed by atoms with Crippen LogP contribution in [0, 0.1) is 12.8 Å². The summed E-state index contributed by atoms with van der Waals surface area (Å²) in [4.78, 5) is 19.1. The Labute approximate surface area is 141 Å². The zero-order valence-corrected chi connectivity index (χ0v) is 14.1. The topological polar surface area (TPSA) is 58.9 Å². The van der Waals surface area contributed by atoms with Gasteiger partial charge in [-0.05, 0) is 37.3 Å². The number of nitrogens with one attached hydrogen (secondary N) is 1. The quantitative estimate of drug-likeness (QED) is 0.934. The van der Waals surface area contributed by atoms with Crippen LogP contribution in [-0.2, 0) is 11.2 Å². The number of hydrogen-bond acceptors (Lipinski definition) is 3. The second kappa shape index (κ2) is 6.43. The largest absolute Gasteiger partial charge is 0.377 e. The number of carbonyl (C=O) groups is 1. The Hall–Kier alpha value is -2.08. The molecule has 1 saturated heterocycles. The van der Waals surface area contributed by atoms with Gasteiger partial charge in [0.1, 0.15) is 5.65 Å². The number of fused-ring (bicyclic) bond motifs is 1. The minimum Gasteiger partial charge on any atom is -0.377 e. The number of ether oxygens (including phenoxy) is 1. The first-order valence-corrected chi connectivity index (χ1v) is 8.78. The fraction of sp³-hybridized carbons (Fsp3) is 0.556. The van der Waals surface area contributed by atoms with Gasteiger partial charge in [0.25, 0.3) is 0 Å². The molecule has 6 nitrogen and oxygen atoms in total. The lowest BCUT2D eigenvalue weighted by Gasteiger charge is -2.35. The number of carbonyl (C=O) groups excluding carboxylic acids is 1. The summed E-state index contributed by atoms with van der Waals surface area (Å²) in [7, 11) is 0. The molecule has 1 atom stereocenters. The van der Waals surface area contributed by atoms with Crippen molar-refractivity contribution in [3.8, 4) is 0 Å². The Bertz CT molecular complexity index is 738. The van der Waals surface area contributed by atoms with Crippen molar-refractivity contribution in [2.24, 2.45) is 5.92 Å². The van der Waals surface area contributed by atoms with E-state index in [1.807, 2.05) is 27.8 Å². The Balaban J connectivity index is 1.34. The third kappa shape index (κ3) is 3.11. The third-order valence-electron chi connectivity index (χ3n) is 4.98. The smallest absolute Gasteiger partial charge is 0.317 e. The lowest BCUT2D eigenvalue weighted by Crippen LogP contribution is -2.53. The molecule has 24 heavy (non-hydrogen) atoms. The molecule has 0 bridgehead atoms. The first kappa shape index (κ1) is 15.4. The van der Waals surface area contributed by atoms with Gasteiger partial charge in [-0.1, -0.05) is 6.07 Å². The van der Waals surface area contributed by atoms with Crippen LogP contribution in [0.3, 0.4) is 0 Å². The molecular weight excluding hydrogens is 304 g/mol. The van der Waals surface area contributed by atoms with E-state index in [9.17, 15) is 4.79 Å². The van der Waals surface area contributed by atoms with E-state index in [1.165, 1.54) is 12.8 Å². The summed E-state index contributed by atoms with van der Waals surface area (Å²) in [6, 6.07) is 4.38. The van der Waals surface area contributed by atoms with Gasteiger partial charge in [0.05, 0.1) is 24.9 Å². The minimum atomic E-state index is 0.0372. The molecule has 3 heterocycles. The summed E-state index contributed by atoms with van der Waals surface area (Å²) in [5.41, 5.74) is 3.15. The van der Waals surface area contributed by atoms with Crippen LogP contribution >= 0.6 is 0 Å². The number of rotatable bonds is 4. The van der Waals surface area contributed by atoms with E-state index < -0.39 is 0 Å². The van der Waals surface area contributed by atoms with Gasteiger partial charge in [0.2, 0.25) is 0 Å². The maximum absolute atomic E-state index is 12.5. The van der Waals surface area contributed by atoms with Crippen LogP contribution in [0.2, 0.25) is 0 Å². The number of amides is 2. The maximum Gasteiger partial charge on any atom is 0.317 e. The fourth-order valence-electron chi connectivity index (χ4n) is 3.47. The van der Waals surface area contributed by atoms with E-state index in [-0.39, 0.29) is 12.1 Å². The first-order chi connectivity index (χ1) is 11.7. The lowest BCUT2D eigenvalue weighted by atomic mass is 10.1. The van der Waals surface area contributed by atoms with Gasteiger partial charge in [-0.15, -0.1) is 0 Å². The van der Waals surface area contributed by atoms with Crippen molar-refractivity contribution in [2.75, 3.05) is 26.3 Å². The summed E-state index contributed by atoms with van der Waals surface area (Å²) in [5.74, 6) is 0.637. The van der Waals surface area contributed by atoms with Crippen LogP contribution in [-0.4, -0.2) is 52.7 Å². The van der Waals surface area contributed by atoms with Crippen LogP contribution in [0.1, 0.15) is 24.1 Å². The zero-order valence-electron chi connectivity index (χ0n) is 14.1. The fourth-order valence-corrected chi connectivity index (χ4v) is 3.47. The summed E-state index contributed by atoms with van der Waals surface area (Å²) >= 11 is 0. The first-order valence-electron chi connectivity index (χ1n) is 8.78. The average Bonchev–Trinajstić information content (AvgIpc) is 3.35. The highest BCUT2D eigenvalue weighted by Crippen LogP contribution is 2.36.